The predicted molar refractivity (Wildman–Crippen MR) is 86.8 cm³/mol. The summed E-state index contributed by atoms with van der Waals surface area (Å²) in [4.78, 5) is 2.66. The molecule has 1 aliphatic rings. The Kier molecular flexibility index (Phi) is 5.62. The Morgan fingerprint density at radius 2 is 1.90 bits per heavy atom. The third-order valence-corrected chi connectivity index (χ3v) is 4.74. The van der Waals surface area contributed by atoms with E-state index >= 15 is 0 Å². The Labute approximate surface area is 124 Å². The van der Waals surface area contributed by atoms with Crippen molar-refractivity contribution in [2.24, 2.45) is 11.7 Å². The summed E-state index contributed by atoms with van der Waals surface area (Å²) in [6.45, 7) is 8.83. The summed E-state index contributed by atoms with van der Waals surface area (Å²) in [6.07, 6.45) is 4.99. The lowest BCUT2D eigenvalue weighted by molar-refractivity contribution is 0.121. The van der Waals surface area contributed by atoms with Gasteiger partial charge >= 0.3 is 0 Å². The second kappa shape index (κ2) is 7.24. The van der Waals surface area contributed by atoms with Crippen LogP contribution in [0.5, 0.6) is 0 Å². The Morgan fingerprint density at radius 1 is 1.20 bits per heavy atom. The molecule has 2 heteroatoms. The second-order valence-corrected chi connectivity index (χ2v) is 6.36. The van der Waals surface area contributed by atoms with Gasteiger partial charge < -0.3 is 5.73 Å². The minimum absolute atomic E-state index is 0.494. The van der Waals surface area contributed by atoms with E-state index in [1.54, 1.807) is 0 Å². The van der Waals surface area contributed by atoms with E-state index in [0.717, 1.165) is 13.0 Å². The SMILES string of the molecule is CCc1ccc(C2C(CN)CCCCN2C(C)C)cc1. The number of nitrogens with two attached hydrogens (primary N) is 1. The molecule has 2 N–H and O–H groups in total. The van der Waals surface area contributed by atoms with Gasteiger partial charge in [0, 0.05) is 12.1 Å². The molecular formula is C18H30N2. The number of rotatable bonds is 4. The molecule has 0 aliphatic carbocycles. The lowest BCUT2D eigenvalue weighted by atomic mass is 9.88. The maximum atomic E-state index is 6.09. The number of nitrogens with zero attached hydrogens (tertiary/aromatic N) is 1. The van der Waals surface area contributed by atoms with Gasteiger partial charge in [0.1, 0.15) is 0 Å². The van der Waals surface area contributed by atoms with Gasteiger partial charge in [-0.05, 0) is 63.2 Å². The van der Waals surface area contributed by atoms with Gasteiger partial charge in [0.25, 0.3) is 0 Å². The summed E-state index contributed by atoms with van der Waals surface area (Å²) >= 11 is 0. The largest absolute Gasteiger partial charge is 0.330 e. The van der Waals surface area contributed by atoms with Gasteiger partial charge in [-0.1, -0.05) is 37.6 Å². The van der Waals surface area contributed by atoms with Gasteiger partial charge in [0.2, 0.25) is 0 Å². The Morgan fingerprint density at radius 3 is 2.45 bits per heavy atom. The van der Waals surface area contributed by atoms with Crippen LogP contribution in [-0.4, -0.2) is 24.0 Å². The third-order valence-electron chi connectivity index (χ3n) is 4.74. The highest BCUT2D eigenvalue weighted by Crippen LogP contribution is 2.36. The first-order chi connectivity index (χ1) is 9.67. The molecule has 1 aromatic rings. The molecule has 1 aromatic carbocycles. The molecule has 1 aliphatic heterocycles. The van der Waals surface area contributed by atoms with Crippen molar-refractivity contribution >= 4 is 0 Å². The highest BCUT2D eigenvalue weighted by molar-refractivity contribution is 5.26. The zero-order valence-electron chi connectivity index (χ0n) is 13.3. The predicted octanol–water partition coefficient (Wildman–Crippen LogP) is 3.76. The van der Waals surface area contributed by atoms with Crippen molar-refractivity contribution in [1.29, 1.82) is 0 Å². The lowest BCUT2D eigenvalue weighted by Crippen LogP contribution is -2.39. The van der Waals surface area contributed by atoms with Gasteiger partial charge in [-0.2, -0.15) is 0 Å². The van der Waals surface area contributed by atoms with Crippen molar-refractivity contribution in [3.05, 3.63) is 35.4 Å². The van der Waals surface area contributed by atoms with Crippen LogP contribution in [0.3, 0.4) is 0 Å². The van der Waals surface area contributed by atoms with Crippen LogP contribution in [0.1, 0.15) is 57.2 Å². The average Bonchev–Trinajstić information content (AvgIpc) is 2.69. The highest BCUT2D eigenvalue weighted by Gasteiger charge is 2.31. The number of hydrogen-bond acceptors (Lipinski definition) is 2. The molecule has 1 fully saturated rings. The molecule has 0 aromatic heterocycles. The van der Waals surface area contributed by atoms with Crippen molar-refractivity contribution in [2.75, 3.05) is 13.1 Å². The average molecular weight is 274 g/mol. The Balaban J connectivity index is 2.32. The summed E-state index contributed by atoms with van der Waals surface area (Å²) in [7, 11) is 0. The van der Waals surface area contributed by atoms with E-state index in [1.807, 2.05) is 0 Å². The summed E-state index contributed by atoms with van der Waals surface area (Å²) in [5.74, 6) is 0.590. The van der Waals surface area contributed by atoms with Gasteiger partial charge in [-0.3, -0.25) is 4.90 Å². The Hall–Kier alpha value is -0.860. The van der Waals surface area contributed by atoms with Crippen LogP contribution < -0.4 is 5.73 Å². The van der Waals surface area contributed by atoms with E-state index in [1.165, 1.54) is 36.9 Å². The van der Waals surface area contributed by atoms with Crippen LogP contribution in [0.15, 0.2) is 24.3 Å². The van der Waals surface area contributed by atoms with Gasteiger partial charge in [0.05, 0.1) is 0 Å². The monoisotopic (exact) mass is 274 g/mol. The van der Waals surface area contributed by atoms with E-state index < -0.39 is 0 Å². The van der Waals surface area contributed by atoms with Crippen LogP contribution >= 0.6 is 0 Å². The number of likely N-dealkylation sites (tertiary alicyclic amines) is 1. The molecule has 1 saturated heterocycles. The first-order valence-electron chi connectivity index (χ1n) is 8.22. The number of benzene rings is 1. The molecule has 0 radical (unpaired) electrons. The first kappa shape index (κ1) is 15.5. The van der Waals surface area contributed by atoms with Crippen LogP contribution in [0, 0.1) is 5.92 Å². The zero-order valence-corrected chi connectivity index (χ0v) is 13.3. The zero-order chi connectivity index (χ0) is 14.5. The van der Waals surface area contributed by atoms with Gasteiger partial charge in [0.15, 0.2) is 0 Å². The fourth-order valence-corrected chi connectivity index (χ4v) is 3.51. The number of hydrogen-bond donors (Lipinski definition) is 1. The molecule has 112 valence electrons. The molecule has 2 unspecified atom stereocenters. The van der Waals surface area contributed by atoms with E-state index in [9.17, 15) is 0 Å². The van der Waals surface area contributed by atoms with Crippen molar-refractivity contribution in [1.82, 2.24) is 4.90 Å². The summed E-state index contributed by atoms with van der Waals surface area (Å²) in [5.41, 5.74) is 8.96. The molecule has 0 spiro atoms. The fourth-order valence-electron chi connectivity index (χ4n) is 3.51. The van der Waals surface area contributed by atoms with Crippen LogP contribution in [0.4, 0.5) is 0 Å². The van der Waals surface area contributed by atoms with E-state index in [0.29, 0.717) is 18.0 Å². The topological polar surface area (TPSA) is 29.3 Å². The summed E-state index contributed by atoms with van der Waals surface area (Å²) in [5, 5.41) is 0. The fraction of sp³-hybridized carbons (Fsp3) is 0.667. The van der Waals surface area contributed by atoms with Crippen molar-refractivity contribution < 1.29 is 0 Å². The van der Waals surface area contributed by atoms with Crippen LogP contribution in [0.2, 0.25) is 0 Å². The maximum absolute atomic E-state index is 6.09. The maximum Gasteiger partial charge on any atom is 0.0391 e. The van der Waals surface area contributed by atoms with Crippen molar-refractivity contribution in [3.8, 4) is 0 Å². The van der Waals surface area contributed by atoms with Crippen molar-refractivity contribution in [2.45, 2.75) is 58.5 Å². The Bertz CT molecular complexity index is 396. The van der Waals surface area contributed by atoms with Crippen LogP contribution in [0.25, 0.3) is 0 Å². The number of aryl methyl sites for hydroxylation is 1. The molecule has 0 amide bonds. The summed E-state index contributed by atoms with van der Waals surface area (Å²) < 4.78 is 0. The molecule has 2 rings (SSSR count). The highest BCUT2D eigenvalue weighted by atomic mass is 15.2. The quantitative estimate of drug-likeness (QED) is 0.906. The molecule has 20 heavy (non-hydrogen) atoms. The molecule has 0 saturated carbocycles. The molecule has 2 atom stereocenters. The minimum Gasteiger partial charge on any atom is -0.330 e. The molecule has 1 heterocycles. The van der Waals surface area contributed by atoms with E-state index in [-0.39, 0.29) is 0 Å². The van der Waals surface area contributed by atoms with Gasteiger partial charge in [-0.15, -0.1) is 0 Å². The van der Waals surface area contributed by atoms with Crippen molar-refractivity contribution in [3.63, 3.8) is 0 Å². The third kappa shape index (κ3) is 3.42. The van der Waals surface area contributed by atoms with Crippen LogP contribution in [-0.2, 0) is 6.42 Å². The minimum atomic E-state index is 0.494. The summed E-state index contributed by atoms with van der Waals surface area (Å²) in [6, 6.07) is 10.3. The van der Waals surface area contributed by atoms with E-state index in [2.05, 4.69) is 49.9 Å². The van der Waals surface area contributed by atoms with E-state index in [4.69, 9.17) is 5.73 Å². The molecule has 0 bridgehead atoms. The molecular weight excluding hydrogens is 244 g/mol. The normalized spacial score (nSPS) is 24.9. The molecule has 2 nitrogen and oxygen atoms in total. The lowest BCUT2D eigenvalue weighted by Gasteiger charge is -2.38. The smallest absolute Gasteiger partial charge is 0.0391 e. The standard InChI is InChI=1S/C18H30N2/c1-4-15-8-10-16(11-9-15)18-17(13-19)7-5-6-12-20(18)14(2)3/h8-11,14,17-18H,4-7,12-13,19H2,1-3H3. The first-order valence-corrected chi connectivity index (χ1v) is 8.22. The second-order valence-electron chi connectivity index (χ2n) is 6.36. The van der Waals surface area contributed by atoms with Gasteiger partial charge in [-0.25, -0.2) is 0 Å².